The molecule has 0 saturated heterocycles. The van der Waals surface area contributed by atoms with Crippen LogP contribution >= 0.6 is 0 Å². The molecule has 0 saturated carbocycles. The van der Waals surface area contributed by atoms with Crippen molar-refractivity contribution >= 4 is 10.0 Å². The van der Waals surface area contributed by atoms with E-state index in [-0.39, 0.29) is 5.70 Å². The second-order valence-electron chi connectivity index (χ2n) is 2.32. The zero-order valence-electron chi connectivity index (χ0n) is 5.85. The topological polar surface area (TPSA) is 46.2 Å². The van der Waals surface area contributed by atoms with Crippen molar-refractivity contribution in [3.05, 3.63) is 11.8 Å². The van der Waals surface area contributed by atoms with Gasteiger partial charge in [-0.05, 0) is 12.8 Å². The van der Waals surface area contributed by atoms with E-state index in [0.29, 0.717) is 12.8 Å². The number of sulfonamides is 1. The highest BCUT2D eigenvalue weighted by molar-refractivity contribution is 7.90. The molecule has 70 valence electrons. The Kier molecular flexibility index (Phi) is 2.07. The Morgan fingerprint density at radius 1 is 1.42 bits per heavy atom. The fourth-order valence-electron chi connectivity index (χ4n) is 0.612. The van der Waals surface area contributed by atoms with Gasteiger partial charge in [0, 0.05) is 5.70 Å². The highest BCUT2D eigenvalue weighted by atomic mass is 32.2. The SMILES string of the molecule is O=S(=O)(NC1=CCC1)C(F)(F)F. The molecule has 1 aliphatic rings. The summed E-state index contributed by atoms with van der Waals surface area (Å²) in [6.07, 6.45) is 2.38. The minimum absolute atomic E-state index is 0.118. The van der Waals surface area contributed by atoms with Crippen LogP contribution in [0.3, 0.4) is 0 Å². The van der Waals surface area contributed by atoms with Crippen LogP contribution in [0.1, 0.15) is 12.8 Å². The third-order valence-corrected chi connectivity index (χ3v) is 2.51. The van der Waals surface area contributed by atoms with Crippen LogP contribution in [0.5, 0.6) is 0 Å². The van der Waals surface area contributed by atoms with Gasteiger partial charge in [0.2, 0.25) is 0 Å². The maximum atomic E-state index is 11.7. The van der Waals surface area contributed by atoms with E-state index in [1.807, 2.05) is 0 Å². The average molecular weight is 201 g/mol. The molecule has 0 unspecified atom stereocenters. The summed E-state index contributed by atoms with van der Waals surface area (Å²) >= 11 is 0. The van der Waals surface area contributed by atoms with Crippen molar-refractivity contribution in [2.24, 2.45) is 0 Å². The molecule has 0 radical (unpaired) electrons. The molecular weight excluding hydrogens is 195 g/mol. The number of alkyl halides is 3. The van der Waals surface area contributed by atoms with Crippen molar-refractivity contribution in [2.75, 3.05) is 0 Å². The van der Waals surface area contributed by atoms with Gasteiger partial charge >= 0.3 is 15.5 Å². The van der Waals surface area contributed by atoms with E-state index in [9.17, 15) is 21.6 Å². The third kappa shape index (κ3) is 1.71. The molecule has 0 spiro atoms. The Morgan fingerprint density at radius 3 is 2.17 bits per heavy atom. The van der Waals surface area contributed by atoms with Gasteiger partial charge < -0.3 is 0 Å². The summed E-state index contributed by atoms with van der Waals surface area (Å²) in [5.74, 6) is 0. The van der Waals surface area contributed by atoms with Crippen molar-refractivity contribution in [3.8, 4) is 0 Å². The number of halogens is 3. The van der Waals surface area contributed by atoms with Gasteiger partial charge in [-0.25, -0.2) is 0 Å². The first-order chi connectivity index (χ1) is 5.33. The van der Waals surface area contributed by atoms with Gasteiger partial charge in [0.15, 0.2) is 0 Å². The van der Waals surface area contributed by atoms with E-state index in [1.54, 1.807) is 0 Å². The molecule has 12 heavy (non-hydrogen) atoms. The smallest absolute Gasteiger partial charge is 0.280 e. The summed E-state index contributed by atoms with van der Waals surface area (Å²) in [7, 11) is -5.18. The van der Waals surface area contributed by atoms with E-state index >= 15 is 0 Å². The second-order valence-corrected chi connectivity index (χ2v) is 3.99. The molecule has 0 aromatic carbocycles. The fourth-order valence-corrected chi connectivity index (χ4v) is 1.26. The van der Waals surface area contributed by atoms with E-state index in [4.69, 9.17) is 0 Å². The highest BCUT2D eigenvalue weighted by Gasteiger charge is 2.46. The van der Waals surface area contributed by atoms with Crippen LogP contribution in [0.2, 0.25) is 0 Å². The normalized spacial score (nSPS) is 18.1. The van der Waals surface area contributed by atoms with Crippen LogP contribution in [0.4, 0.5) is 13.2 Å². The van der Waals surface area contributed by atoms with Crippen molar-refractivity contribution in [3.63, 3.8) is 0 Å². The fraction of sp³-hybridized carbons (Fsp3) is 0.600. The highest BCUT2D eigenvalue weighted by Crippen LogP contribution is 2.25. The minimum Gasteiger partial charge on any atom is -0.280 e. The van der Waals surface area contributed by atoms with Crippen molar-refractivity contribution in [1.29, 1.82) is 0 Å². The van der Waals surface area contributed by atoms with Crippen molar-refractivity contribution in [2.45, 2.75) is 18.3 Å². The predicted octanol–water partition coefficient (Wildman–Crippen LogP) is 1.10. The second kappa shape index (κ2) is 2.65. The Labute approximate surface area is 67.3 Å². The summed E-state index contributed by atoms with van der Waals surface area (Å²) in [6, 6.07) is 0. The van der Waals surface area contributed by atoms with E-state index < -0.39 is 15.5 Å². The standard InChI is InChI=1S/C5H6F3NO2S/c6-5(7,8)12(10,11)9-4-2-1-3-4/h2,9H,1,3H2. The molecule has 7 heteroatoms. The summed E-state index contributed by atoms with van der Waals surface area (Å²) < 4.78 is 57.2. The zero-order valence-corrected chi connectivity index (χ0v) is 6.67. The maximum absolute atomic E-state index is 11.7. The first kappa shape index (κ1) is 9.37. The molecule has 1 rings (SSSR count). The molecule has 0 fully saturated rings. The molecular formula is C5H6F3NO2S. The maximum Gasteiger partial charge on any atom is 0.516 e. The Hall–Kier alpha value is -0.720. The van der Waals surface area contributed by atoms with Gasteiger partial charge in [-0.15, -0.1) is 0 Å². The number of hydrogen-bond donors (Lipinski definition) is 1. The molecule has 0 amide bonds. The zero-order chi connectivity index (χ0) is 9.41. The largest absolute Gasteiger partial charge is 0.516 e. The minimum atomic E-state index is -5.22. The van der Waals surface area contributed by atoms with E-state index in [1.165, 1.54) is 10.8 Å². The van der Waals surface area contributed by atoms with Gasteiger partial charge in [0.05, 0.1) is 0 Å². The average Bonchev–Trinajstić information content (AvgIpc) is 1.76. The lowest BCUT2D eigenvalue weighted by molar-refractivity contribution is -0.0445. The van der Waals surface area contributed by atoms with Crippen LogP contribution in [0.25, 0.3) is 0 Å². The molecule has 0 aromatic heterocycles. The first-order valence-electron chi connectivity index (χ1n) is 3.11. The Bertz CT molecular complexity index is 303. The number of allylic oxidation sites excluding steroid dienone is 2. The van der Waals surface area contributed by atoms with E-state index in [0.717, 1.165) is 0 Å². The summed E-state index contributed by atoms with van der Waals surface area (Å²) in [5, 5.41) is 0. The van der Waals surface area contributed by atoms with Gasteiger partial charge in [-0.2, -0.15) is 21.6 Å². The molecule has 3 nitrogen and oxygen atoms in total. The van der Waals surface area contributed by atoms with Crippen LogP contribution in [0, 0.1) is 0 Å². The number of rotatable bonds is 2. The van der Waals surface area contributed by atoms with Crippen molar-refractivity contribution in [1.82, 2.24) is 4.72 Å². The molecule has 1 N–H and O–H groups in total. The van der Waals surface area contributed by atoms with Crippen LogP contribution in [-0.2, 0) is 10.0 Å². The monoisotopic (exact) mass is 201 g/mol. The quantitative estimate of drug-likeness (QED) is 0.727. The lowest BCUT2D eigenvalue weighted by Gasteiger charge is -2.17. The Balaban J connectivity index is 2.73. The molecule has 0 bridgehead atoms. The lowest BCUT2D eigenvalue weighted by atomic mass is 10.1. The van der Waals surface area contributed by atoms with Crippen molar-refractivity contribution < 1.29 is 21.6 Å². The summed E-state index contributed by atoms with van der Waals surface area (Å²) in [6.45, 7) is 0. The third-order valence-electron chi connectivity index (χ3n) is 1.37. The first-order valence-corrected chi connectivity index (χ1v) is 4.59. The molecule has 0 heterocycles. The predicted molar refractivity (Wildman–Crippen MR) is 35.4 cm³/mol. The van der Waals surface area contributed by atoms with Crippen LogP contribution in [-0.4, -0.2) is 13.9 Å². The molecule has 1 aliphatic carbocycles. The molecule has 0 aromatic rings. The van der Waals surface area contributed by atoms with Gasteiger partial charge in [-0.1, -0.05) is 6.08 Å². The number of hydrogen-bond acceptors (Lipinski definition) is 2. The molecule has 0 atom stereocenters. The number of nitrogens with one attached hydrogen (secondary N) is 1. The summed E-state index contributed by atoms with van der Waals surface area (Å²) in [5.41, 5.74) is -5.10. The van der Waals surface area contributed by atoms with Gasteiger partial charge in [-0.3, -0.25) is 4.72 Å². The van der Waals surface area contributed by atoms with E-state index in [2.05, 4.69) is 0 Å². The van der Waals surface area contributed by atoms with Gasteiger partial charge in [0.1, 0.15) is 0 Å². The van der Waals surface area contributed by atoms with Crippen LogP contribution < -0.4 is 4.72 Å². The Morgan fingerprint density at radius 2 is 1.92 bits per heavy atom. The lowest BCUT2D eigenvalue weighted by Crippen LogP contribution is -2.36. The molecule has 0 aliphatic heterocycles. The summed E-state index contributed by atoms with van der Waals surface area (Å²) in [4.78, 5) is 0. The van der Waals surface area contributed by atoms with Gasteiger partial charge in [0.25, 0.3) is 0 Å². The van der Waals surface area contributed by atoms with Crippen LogP contribution in [0.15, 0.2) is 11.8 Å².